The second-order valence-corrected chi connectivity index (χ2v) is 9.80. The van der Waals surface area contributed by atoms with E-state index < -0.39 is 0 Å². The first-order valence-corrected chi connectivity index (χ1v) is 13.4. The number of benzene rings is 2. The van der Waals surface area contributed by atoms with Crippen LogP contribution in [0.15, 0.2) is 79.1 Å². The normalized spacial score (nSPS) is 15.4. The molecule has 1 atom stereocenters. The predicted molar refractivity (Wildman–Crippen MR) is 152 cm³/mol. The lowest BCUT2D eigenvalue weighted by molar-refractivity contribution is -0.107. The summed E-state index contributed by atoms with van der Waals surface area (Å²) in [5.41, 5.74) is 6.11. The van der Waals surface area contributed by atoms with E-state index in [0.29, 0.717) is 6.54 Å². The van der Waals surface area contributed by atoms with Gasteiger partial charge in [0.1, 0.15) is 0 Å². The minimum atomic E-state index is 0.617. The van der Waals surface area contributed by atoms with Gasteiger partial charge in [0, 0.05) is 47.8 Å². The van der Waals surface area contributed by atoms with Crippen molar-refractivity contribution in [3.05, 3.63) is 84.7 Å². The molecular formula is C31H35N5O. The second-order valence-electron chi connectivity index (χ2n) is 9.80. The number of hydrogen-bond acceptors (Lipinski definition) is 5. The van der Waals surface area contributed by atoms with Crippen molar-refractivity contribution in [2.45, 2.75) is 32.1 Å². The smallest absolute Gasteiger partial charge is 0.214 e. The molecule has 0 bridgehead atoms. The zero-order valence-corrected chi connectivity index (χ0v) is 21.3. The molecule has 1 unspecified atom stereocenters. The molecule has 5 rings (SSSR count). The van der Waals surface area contributed by atoms with Gasteiger partial charge in [0.25, 0.3) is 0 Å². The fourth-order valence-corrected chi connectivity index (χ4v) is 5.12. The number of para-hydroxylation sites is 1. The van der Waals surface area contributed by atoms with Crippen molar-refractivity contribution in [1.82, 2.24) is 15.3 Å². The summed E-state index contributed by atoms with van der Waals surface area (Å²) >= 11 is 0. The van der Waals surface area contributed by atoms with Gasteiger partial charge in [-0.25, -0.2) is 4.98 Å². The first kappa shape index (κ1) is 24.9. The fourth-order valence-electron chi connectivity index (χ4n) is 5.12. The number of piperidine rings is 1. The largest absolute Gasteiger partial charge is 0.384 e. The van der Waals surface area contributed by atoms with Gasteiger partial charge in [-0.05, 0) is 93.1 Å². The summed E-state index contributed by atoms with van der Waals surface area (Å²) in [5.74, 6) is 0.800. The number of amides is 1. The SMILES string of the molecule is O=CN(CCc1ccncc1)c1ccc(-c2cc(NCCCC3CCCNC3)c3ccccc3n2)cc1. The third-order valence-electron chi connectivity index (χ3n) is 7.23. The van der Waals surface area contributed by atoms with Crippen molar-refractivity contribution in [3.63, 3.8) is 0 Å². The number of carbonyl (C=O) groups is 1. The van der Waals surface area contributed by atoms with Crippen LogP contribution < -0.4 is 15.5 Å². The zero-order valence-electron chi connectivity index (χ0n) is 21.3. The predicted octanol–water partition coefficient (Wildman–Crippen LogP) is 5.69. The average Bonchev–Trinajstić information content (AvgIpc) is 2.97. The van der Waals surface area contributed by atoms with E-state index in [1.54, 1.807) is 17.3 Å². The van der Waals surface area contributed by atoms with E-state index in [-0.39, 0.29) is 0 Å². The van der Waals surface area contributed by atoms with Crippen LogP contribution >= 0.6 is 0 Å². The molecule has 0 radical (unpaired) electrons. The summed E-state index contributed by atoms with van der Waals surface area (Å²) < 4.78 is 0. The highest BCUT2D eigenvalue weighted by molar-refractivity contribution is 5.93. The Balaban J connectivity index is 1.28. The Hall–Kier alpha value is -3.77. The van der Waals surface area contributed by atoms with E-state index in [0.717, 1.165) is 77.4 Å². The molecule has 6 nitrogen and oxygen atoms in total. The van der Waals surface area contributed by atoms with Gasteiger partial charge in [-0.15, -0.1) is 0 Å². The number of pyridine rings is 2. The third kappa shape index (κ3) is 6.52. The highest BCUT2D eigenvalue weighted by Crippen LogP contribution is 2.29. The molecule has 2 N–H and O–H groups in total. The third-order valence-corrected chi connectivity index (χ3v) is 7.23. The Morgan fingerprint density at radius 2 is 1.89 bits per heavy atom. The summed E-state index contributed by atoms with van der Waals surface area (Å²) in [6, 6.07) is 22.5. The summed E-state index contributed by atoms with van der Waals surface area (Å²) in [6.45, 7) is 3.89. The van der Waals surface area contributed by atoms with Crippen LogP contribution in [0.3, 0.4) is 0 Å². The minimum absolute atomic E-state index is 0.617. The molecule has 37 heavy (non-hydrogen) atoms. The van der Waals surface area contributed by atoms with E-state index in [9.17, 15) is 4.79 Å². The van der Waals surface area contributed by atoms with Crippen molar-refractivity contribution in [1.29, 1.82) is 0 Å². The maximum atomic E-state index is 11.8. The Morgan fingerprint density at radius 3 is 2.68 bits per heavy atom. The van der Waals surface area contributed by atoms with Crippen molar-refractivity contribution in [2.24, 2.45) is 5.92 Å². The van der Waals surface area contributed by atoms with Crippen molar-refractivity contribution < 1.29 is 4.79 Å². The van der Waals surface area contributed by atoms with Gasteiger partial charge < -0.3 is 15.5 Å². The standard InChI is InChI=1S/C31H35N5O/c37-23-36(20-15-24-13-18-32-19-14-24)27-11-9-26(10-12-27)30-21-31(28-7-1-2-8-29(28)35-30)34-17-4-6-25-5-3-16-33-22-25/h1-2,7-14,18-19,21,23,25,33H,3-6,15-17,20,22H2,(H,34,35). The first-order valence-electron chi connectivity index (χ1n) is 13.4. The van der Waals surface area contributed by atoms with Crippen molar-refractivity contribution in [3.8, 4) is 11.3 Å². The van der Waals surface area contributed by atoms with Crippen LogP contribution in [0.4, 0.5) is 11.4 Å². The van der Waals surface area contributed by atoms with Crippen LogP contribution in [-0.4, -0.2) is 42.6 Å². The maximum absolute atomic E-state index is 11.8. The fraction of sp³-hybridized carbons (Fsp3) is 0.323. The van der Waals surface area contributed by atoms with Crippen LogP contribution in [-0.2, 0) is 11.2 Å². The zero-order chi connectivity index (χ0) is 25.3. The molecule has 2 aromatic carbocycles. The first-order chi connectivity index (χ1) is 18.3. The topological polar surface area (TPSA) is 70.2 Å². The van der Waals surface area contributed by atoms with Crippen molar-refractivity contribution in [2.75, 3.05) is 36.4 Å². The highest BCUT2D eigenvalue weighted by Gasteiger charge is 2.13. The monoisotopic (exact) mass is 493 g/mol. The molecule has 1 fully saturated rings. The quantitative estimate of drug-likeness (QED) is 0.207. The van der Waals surface area contributed by atoms with Gasteiger partial charge in [0.2, 0.25) is 6.41 Å². The molecule has 1 amide bonds. The summed E-state index contributed by atoms with van der Waals surface area (Å²) in [6.07, 6.45) is 10.3. The molecule has 1 aliphatic heterocycles. The van der Waals surface area contributed by atoms with Crippen molar-refractivity contribution >= 4 is 28.7 Å². The van der Waals surface area contributed by atoms with Gasteiger partial charge in [0.15, 0.2) is 0 Å². The highest BCUT2D eigenvalue weighted by atomic mass is 16.1. The lowest BCUT2D eigenvalue weighted by atomic mass is 9.95. The van der Waals surface area contributed by atoms with E-state index >= 15 is 0 Å². The lowest BCUT2D eigenvalue weighted by Gasteiger charge is -2.22. The van der Waals surface area contributed by atoms with Gasteiger partial charge in [-0.1, -0.05) is 30.3 Å². The van der Waals surface area contributed by atoms with Gasteiger partial charge in [-0.3, -0.25) is 9.78 Å². The number of aromatic nitrogens is 2. The number of carbonyl (C=O) groups excluding carboxylic acids is 1. The van der Waals surface area contributed by atoms with Crippen LogP contribution in [0.25, 0.3) is 22.2 Å². The Morgan fingerprint density at radius 1 is 1.05 bits per heavy atom. The molecule has 0 spiro atoms. The molecule has 6 heteroatoms. The van der Waals surface area contributed by atoms with Crippen LogP contribution in [0.1, 0.15) is 31.2 Å². The number of rotatable bonds is 11. The molecule has 0 aliphatic carbocycles. The second kappa shape index (κ2) is 12.5. The average molecular weight is 494 g/mol. The van der Waals surface area contributed by atoms with Gasteiger partial charge in [0.05, 0.1) is 11.2 Å². The molecule has 4 aromatic rings. The number of hydrogen-bond donors (Lipinski definition) is 2. The lowest BCUT2D eigenvalue weighted by Crippen LogP contribution is -2.29. The Bertz CT molecular complexity index is 1290. The maximum Gasteiger partial charge on any atom is 0.214 e. The summed E-state index contributed by atoms with van der Waals surface area (Å²) in [4.78, 5) is 22.5. The summed E-state index contributed by atoms with van der Waals surface area (Å²) in [5, 5.41) is 8.35. The molecule has 2 aromatic heterocycles. The molecule has 0 saturated carbocycles. The Kier molecular flexibility index (Phi) is 8.39. The van der Waals surface area contributed by atoms with E-state index in [4.69, 9.17) is 4.98 Å². The number of anilines is 2. The minimum Gasteiger partial charge on any atom is -0.384 e. The number of fused-ring (bicyclic) bond motifs is 1. The molecule has 1 saturated heterocycles. The van der Waals surface area contributed by atoms with Crippen LogP contribution in [0, 0.1) is 5.92 Å². The number of nitrogens with one attached hydrogen (secondary N) is 2. The Labute approximate surface area is 219 Å². The van der Waals surface area contributed by atoms with Crippen LogP contribution in [0.2, 0.25) is 0 Å². The van der Waals surface area contributed by atoms with E-state index in [1.807, 2.05) is 30.3 Å². The van der Waals surface area contributed by atoms with E-state index in [1.165, 1.54) is 25.8 Å². The molecule has 190 valence electrons. The molecule has 1 aliphatic rings. The molecule has 3 heterocycles. The van der Waals surface area contributed by atoms with Crippen LogP contribution in [0.5, 0.6) is 0 Å². The van der Waals surface area contributed by atoms with Gasteiger partial charge >= 0.3 is 0 Å². The molecular weight excluding hydrogens is 458 g/mol. The number of nitrogens with zero attached hydrogens (tertiary/aromatic N) is 3. The van der Waals surface area contributed by atoms with Gasteiger partial charge in [-0.2, -0.15) is 0 Å². The van der Waals surface area contributed by atoms with E-state index in [2.05, 4.69) is 52.0 Å². The summed E-state index contributed by atoms with van der Waals surface area (Å²) in [7, 11) is 0.